The molecule has 0 aliphatic heterocycles. The molecular formula is C21H22N2. The fourth-order valence-electron chi connectivity index (χ4n) is 2.98. The smallest absolute Gasteiger partial charge is 0.0708 e. The third-order valence-corrected chi connectivity index (χ3v) is 4.33. The summed E-state index contributed by atoms with van der Waals surface area (Å²) < 4.78 is 0. The zero-order chi connectivity index (χ0) is 16.2. The van der Waals surface area contributed by atoms with Crippen LogP contribution in [0.15, 0.2) is 60.8 Å². The number of nitrogens with zero attached hydrogens (tertiary/aromatic N) is 1. The van der Waals surface area contributed by atoms with Gasteiger partial charge in [-0.15, -0.1) is 0 Å². The van der Waals surface area contributed by atoms with Gasteiger partial charge in [-0.25, -0.2) is 0 Å². The first-order chi connectivity index (χ1) is 11.2. The maximum atomic E-state index is 6.57. The predicted molar refractivity (Wildman–Crippen MR) is 98.9 cm³/mol. The number of fused-ring (bicyclic) bond motifs is 1. The van der Waals surface area contributed by atoms with Gasteiger partial charge in [0.05, 0.1) is 5.52 Å². The fourth-order valence-corrected chi connectivity index (χ4v) is 2.98. The Hall–Kier alpha value is -2.61. The van der Waals surface area contributed by atoms with Gasteiger partial charge in [-0.05, 0) is 41.7 Å². The number of benzene rings is 2. The maximum Gasteiger partial charge on any atom is 0.0708 e. The van der Waals surface area contributed by atoms with Crippen LogP contribution in [0.2, 0.25) is 0 Å². The number of pyridine rings is 1. The van der Waals surface area contributed by atoms with E-state index < -0.39 is 0 Å². The summed E-state index contributed by atoms with van der Waals surface area (Å²) in [6, 6.07) is 18.9. The molecule has 2 nitrogen and oxygen atoms in total. The fraction of sp³-hybridized carbons (Fsp3) is 0.190. The largest absolute Gasteiger partial charge is 0.398 e. The highest BCUT2D eigenvalue weighted by Crippen LogP contribution is 2.29. The minimum atomic E-state index is 0.843. The first-order valence-electron chi connectivity index (χ1n) is 8.16. The minimum absolute atomic E-state index is 0.843. The molecule has 1 heterocycles. The van der Waals surface area contributed by atoms with Crippen LogP contribution in [0, 0.1) is 0 Å². The second-order valence-corrected chi connectivity index (χ2v) is 5.67. The summed E-state index contributed by atoms with van der Waals surface area (Å²) in [5, 5.41) is 1.10. The van der Waals surface area contributed by atoms with Gasteiger partial charge in [0.15, 0.2) is 0 Å². The predicted octanol–water partition coefficient (Wildman–Crippen LogP) is 5.03. The molecule has 0 saturated heterocycles. The number of rotatable bonds is 4. The molecule has 0 fully saturated rings. The van der Waals surface area contributed by atoms with Gasteiger partial charge in [0, 0.05) is 22.8 Å². The highest BCUT2D eigenvalue weighted by atomic mass is 14.7. The average Bonchev–Trinajstić information content (AvgIpc) is 2.62. The normalized spacial score (nSPS) is 12.3. The van der Waals surface area contributed by atoms with E-state index in [-0.39, 0.29) is 0 Å². The SMILES string of the molecule is CCC(=C(N)c1ccnc2ccccc12)c1ccc(CC)cc1. The van der Waals surface area contributed by atoms with Crippen molar-refractivity contribution in [1.29, 1.82) is 0 Å². The van der Waals surface area contributed by atoms with Gasteiger partial charge < -0.3 is 5.73 Å². The molecule has 2 aromatic carbocycles. The summed E-state index contributed by atoms with van der Waals surface area (Å²) in [5.41, 5.74) is 13.2. The Kier molecular flexibility index (Phi) is 4.42. The third-order valence-electron chi connectivity index (χ3n) is 4.33. The second kappa shape index (κ2) is 6.66. The van der Waals surface area contributed by atoms with Crippen LogP contribution in [-0.2, 0) is 6.42 Å². The number of aryl methyl sites for hydroxylation is 1. The number of hydrogen-bond acceptors (Lipinski definition) is 2. The van der Waals surface area contributed by atoms with Gasteiger partial charge in [-0.1, -0.05) is 56.3 Å². The molecule has 3 rings (SSSR count). The zero-order valence-electron chi connectivity index (χ0n) is 13.7. The van der Waals surface area contributed by atoms with Crippen molar-refractivity contribution in [3.8, 4) is 0 Å². The van der Waals surface area contributed by atoms with Crippen LogP contribution in [0.5, 0.6) is 0 Å². The van der Waals surface area contributed by atoms with E-state index in [9.17, 15) is 0 Å². The molecule has 0 aliphatic rings. The highest BCUT2D eigenvalue weighted by Gasteiger charge is 2.10. The van der Waals surface area contributed by atoms with E-state index in [1.54, 1.807) is 0 Å². The van der Waals surface area contributed by atoms with E-state index in [0.717, 1.165) is 35.0 Å². The lowest BCUT2D eigenvalue weighted by atomic mass is 9.95. The van der Waals surface area contributed by atoms with Gasteiger partial charge in [0.2, 0.25) is 0 Å². The van der Waals surface area contributed by atoms with Crippen LogP contribution in [0.1, 0.15) is 37.0 Å². The summed E-state index contributed by atoms with van der Waals surface area (Å²) in [7, 11) is 0. The zero-order valence-corrected chi connectivity index (χ0v) is 13.7. The number of allylic oxidation sites excluding steroid dienone is 1. The van der Waals surface area contributed by atoms with E-state index in [1.165, 1.54) is 16.7 Å². The average molecular weight is 302 g/mol. The van der Waals surface area contributed by atoms with Gasteiger partial charge in [0.25, 0.3) is 0 Å². The van der Waals surface area contributed by atoms with Crippen molar-refractivity contribution in [3.05, 3.63) is 77.5 Å². The first-order valence-corrected chi connectivity index (χ1v) is 8.16. The van der Waals surface area contributed by atoms with Crippen LogP contribution in [0.25, 0.3) is 22.2 Å². The third kappa shape index (κ3) is 2.98. The monoisotopic (exact) mass is 302 g/mol. The van der Waals surface area contributed by atoms with Crippen molar-refractivity contribution in [3.63, 3.8) is 0 Å². The Labute approximate surface area is 137 Å². The second-order valence-electron chi connectivity index (χ2n) is 5.67. The standard InChI is InChI=1S/C21H22N2/c1-3-15-9-11-16(12-10-15)17(4-2)21(22)19-13-14-23-20-8-6-5-7-18(19)20/h5-14H,3-4,22H2,1-2H3. The Morgan fingerprint density at radius 2 is 1.70 bits per heavy atom. The van der Waals surface area contributed by atoms with Crippen molar-refractivity contribution < 1.29 is 0 Å². The van der Waals surface area contributed by atoms with Gasteiger partial charge in [-0.3, -0.25) is 4.98 Å². The summed E-state index contributed by atoms with van der Waals surface area (Å²) >= 11 is 0. The molecule has 2 heteroatoms. The van der Waals surface area contributed by atoms with Gasteiger partial charge in [-0.2, -0.15) is 0 Å². The lowest BCUT2D eigenvalue weighted by Crippen LogP contribution is -2.02. The Balaban J connectivity index is 2.15. The van der Waals surface area contributed by atoms with E-state index >= 15 is 0 Å². The van der Waals surface area contributed by atoms with Crippen molar-refractivity contribution in [2.24, 2.45) is 5.73 Å². The van der Waals surface area contributed by atoms with Crippen LogP contribution in [0.4, 0.5) is 0 Å². The maximum absolute atomic E-state index is 6.57. The van der Waals surface area contributed by atoms with Crippen molar-refractivity contribution >= 4 is 22.2 Å². The molecule has 3 aromatic rings. The van der Waals surface area contributed by atoms with Crippen molar-refractivity contribution in [2.75, 3.05) is 0 Å². The molecule has 0 aliphatic carbocycles. The molecule has 2 N–H and O–H groups in total. The van der Waals surface area contributed by atoms with Crippen LogP contribution < -0.4 is 5.73 Å². The van der Waals surface area contributed by atoms with Crippen LogP contribution >= 0.6 is 0 Å². The summed E-state index contributed by atoms with van der Waals surface area (Å²) in [6.07, 6.45) is 3.78. The van der Waals surface area contributed by atoms with Crippen molar-refractivity contribution in [1.82, 2.24) is 4.98 Å². The lowest BCUT2D eigenvalue weighted by Gasteiger charge is -2.13. The number of para-hydroxylation sites is 1. The lowest BCUT2D eigenvalue weighted by molar-refractivity contribution is 1.14. The molecule has 0 bridgehead atoms. The summed E-state index contributed by atoms with van der Waals surface area (Å²) in [4.78, 5) is 4.43. The minimum Gasteiger partial charge on any atom is -0.398 e. The molecule has 0 amide bonds. The Morgan fingerprint density at radius 1 is 0.957 bits per heavy atom. The van der Waals surface area contributed by atoms with Crippen molar-refractivity contribution in [2.45, 2.75) is 26.7 Å². The summed E-state index contributed by atoms with van der Waals surface area (Å²) in [5.74, 6) is 0. The topological polar surface area (TPSA) is 38.9 Å². The Bertz CT molecular complexity index is 840. The first kappa shape index (κ1) is 15.3. The summed E-state index contributed by atoms with van der Waals surface area (Å²) in [6.45, 7) is 4.32. The quantitative estimate of drug-likeness (QED) is 0.733. The molecule has 1 aromatic heterocycles. The van der Waals surface area contributed by atoms with Crippen LogP contribution in [-0.4, -0.2) is 4.98 Å². The van der Waals surface area contributed by atoms with Crippen LogP contribution in [0.3, 0.4) is 0 Å². The number of nitrogens with two attached hydrogens (primary N) is 1. The molecule has 116 valence electrons. The van der Waals surface area contributed by atoms with E-state index in [1.807, 2.05) is 30.5 Å². The highest BCUT2D eigenvalue weighted by molar-refractivity contribution is 5.98. The molecule has 0 radical (unpaired) electrons. The molecular weight excluding hydrogens is 280 g/mol. The van der Waals surface area contributed by atoms with E-state index in [0.29, 0.717) is 0 Å². The Morgan fingerprint density at radius 3 is 2.39 bits per heavy atom. The van der Waals surface area contributed by atoms with Gasteiger partial charge in [0.1, 0.15) is 0 Å². The van der Waals surface area contributed by atoms with Gasteiger partial charge >= 0.3 is 0 Å². The molecule has 23 heavy (non-hydrogen) atoms. The molecule has 0 atom stereocenters. The molecule has 0 saturated carbocycles. The number of aromatic nitrogens is 1. The molecule has 0 unspecified atom stereocenters. The molecule has 0 spiro atoms. The van der Waals surface area contributed by atoms with E-state index in [2.05, 4.69) is 49.2 Å². The number of hydrogen-bond donors (Lipinski definition) is 1. The van der Waals surface area contributed by atoms with E-state index in [4.69, 9.17) is 5.73 Å².